The molecule has 1 amide bonds. The van der Waals surface area contributed by atoms with Crippen molar-refractivity contribution in [2.75, 3.05) is 12.0 Å². The average molecular weight is 498 g/mol. The molecule has 3 N–H and O–H groups in total. The first kappa shape index (κ1) is 20.3. The quantitative estimate of drug-likeness (QED) is 0.308. The number of aromatic amines is 1. The van der Waals surface area contributed by atoms with Crippen molar-refractivity contribution in [3.8, 4) is 0 Å². The van der Waals surface area contributed by atoms with Crippen molar-refractivity contribution >= 4 is 60.9 Å². The van der Waals surface area contributed by atoms with E-state index in [1.54, 1.807) is 0 Å². The van der Waals surface area contributed by atoms with Crippen LogP contribution in [0.3, 0.4) is 0 Å². The molecule has 0 fully saturated rings. The molecule has 2 aromatic heterocycles. The Morgan fingerprint density at radius 1 is 1.13 bits per heavy atom. The zero-order valence-corrected chi connectivity index (χ0v) is 19.2. The Morgan fingerprint density at radius 2 is 2.00 bits per heavy atom. The zero-order valence-electron chi connectivity index (χ0n) is 16.9. The summed E-state index contributed by atoms with van der Waals surface area (Å²) >= 11 is 9.70. The van der Waals surface area contributed by atoms with E-state index in [0.717, 1.165) is 68.9 Å². The van der Waals surface area contributed by atoms with Crippen molar-refractivity contribution in [3.63, 3.8) is 0 Å². The summed E-state index contributed by atoms with van der Waals surface area (Å²) in [4.78, 5) is 20.7. The summed E-state index contributed by atoms with van der Waals surface area (Å²) in [5, 5.41) is 9.25. The van der Waals surface area contributed by atoms with Gasteiger partial charge in [0.1, 0.15) is 0 Å². The molecular formula is C24H22BrClN4O. The van der Waals surface area contributed by atoms with Gasteiger partial charge in [-0.2, -0.15) is 0 Å². The van der Waals surface area contributed by atoms with E-state index in [1.807, 2.05) is 42.6 Å². The Hall–Kier alpha value is -2.57. The summed E-state index contributed by atoms with van der Waals surface area (Å²) in [5.74, 6) is -0.0244. The molecule has 0 atom stereocenters. The molecule has 31 heavy (non-hydrogen) atoms. The van der Waals surface area contributed by atoms with Gasteiger partial charge in [0.05, 0.1) is 18.6 Å². The number of amides is 1. The van der Waals surface area contributed by atoms with Gasteiger partial charge in [-0.15, -0.1) is 0 Å². The minimum Gasteiger partial charge on any atom is -0.367 e. The first-order valence-corrected chi connectivity index (χ1v) is 11.6. The second-order valence-corrected chi connectivity index (χ2v) is 9.27. The van der Waals surface area contributed by atoms with Crippen molar-refractivity contribution in [1.29, 1.82) is 0 Å². The van der Waals surface area contributed by atoms with Crippen LogP contribution in [0, 0.1) is 0 Å². The van der Waals surface area contributed by atoms with E-state index in [9.17, 15) is 4.79 Å². The van der Waals surface area contributed by atoms with Crippen LogP contribution in [0.4, 0.5) is 5.69 Å². The third kappa shape index (κ3) is 4.14. The third-order valence-electron chi connectivity index (χ3n) is 5.86. The molecule has 0 bridgehead atoms. The second-order valence-electron chi connectivity index (χ2n) is 7.91. The monoisotopic (exact) mass is 496 g/mol. The maximum absolute atomic E-state index is 12.6. The fraction of sp³-hybridized carbons (Fsp3) is 0.250. The predicted molar refractivity (Wildman–Crippen MR) is 130 cm³/mol. The van der Waals surface area contributed by atoms with Gasteiger partial charge in [0, 0.05) is 43.4 Å². The van der Waals surface area contributed by atoms with Gasteiger partial charge in [-0.1, -0.05) is 27.5 Å². The number of fused-ring (bicyclic) bond motifs is 3. The standard InChI is InChI=1S/C24H22BrClN4O/c25-15-5-8-20-19(10-15)14(12-27-20)9-23(31)28-13-29-24-17-3-1-2-4-21(17)30-22-11-16(26)6-7-18(22)24/h5-8,10-12,27H,1-4,9,13H2,(H,28,31)(H,29,30). The number of anilines is 1. The Balaban J connectivity index is 1.33. The highest BCUT2D eigenvalue weighted by molar-refractivity contribution is 9.10. The van der Waals surface area contributed by atoms with Gasteiger partial charge < -0.3 is 15.6 Å². The number of aryl methyl sites for hydroxylation is 1. The Morgan fingerprint density at radius 3 is 2.90 bits per heavy atom. The highest BCUT2D eigenvalue weighted by Gasteiger charge is 2.18. The smallest absolute Gasteiger partial charge is 0.225 e. The van der Waals surface area contributed by atoms with Crippen LogP contribution in [0.25, 0.3) is 21.8 Å². The Bertz CT molecular complexity index is 1300. The predicted octanol–water partition coefficient (Wildman–Crippen LogP) is 5.74. The van der Waals surface area contributed by atoms with Crippen LogP contribution in [0.1, 0.15) is 29.7 Å². The molecule has 2 heterocycles. The summed E-state index contributed by atoms with van der Waals surface area (Å²) in [5.41, 5.74) is 6.36. The topological polar surface area (TPSA) is 69.8 Å². The number of nitrogens with zero attached hydrogens (tertiary/aromatic N) is 1. The van der Waals surface area contributed by atoms with Crippen molar-refractivity contribution in [3.05, 3.63) is 68.9 Å². The summed E-state index contributed by atoms with van der Waals surface area (Å²) in [6.07, 6.45) is 6.52. The summed E-state index contributed by atoms with van der Waals surface area (Å²) in [6, 6.07) is 11.8. The number of halogens is 2. The highest BCUT2D eigenvalue weighted by atomic mass is 79.9. The molecular weight excluding hydrogens is 476 g/mol. The SMILES string of the molecule is O=C(Cc1c[nH]c2ccc(Br)cc12)NCNc1c2c(nc3cc(Cl)ccc13)CCCC2. The Kier molecular flexibility index (Phi) is 5.59. The number of hydrogen-bond acceptors (Lipinski definition) is 3. The van der Waals surface area contributed by atoms with Gasteiger partial charge >= 0.3 is 0 Å². The fourth-order valence-electron chi connectivity index (χ4n) is 4.36. The number of nitrogens with one attached hydrogen (secondary N) is 3. The molecule has 2 aromatic carbocycles. The van der Waals surface area contributed by atoms with E-state index in [-0.39, 0.29) is 5.91 Å². The minimum absolute atomic E-state index is 0.0244. The van der Waals surface area contributed by atoms with E-state index in [1.165, 1.54) is 5.56 Å². The molecule has 0 saturated heterocycles. The number of pyridine rings is 1. The molecule has 0 saturated carbocycles. The molecule has 0 unspecified atom stereocenters. The van der Waals surface area contributed by atoms with Crippen molar-refractivity contribution in [2.45, 2.75) is 32.1 Å². The lowest BCUT2D eigenvalue weighted by Gasteiger charge is -2.22. The van der Waals surface area contributed by atoms with Gasteiger partial charge in [-0.05, 0) is 73.2 Å². The second kappa shape index (κ2) is 8.52. The number of hydrogen-bond donors (Lipinski definition) is 3. The van der Waals surface area contributed by atoms with Crippen LogP contribution >= 0.6 is 27.5 Å². The number of carbonyl (C=O) groups is 1. The molecule has 0 spiro atoms. The molecule has 1 aliphatic rings. The van der Waals surface area contributed by atoms with Crippen LogP contribution in [0.15, 0.2) is 47.1 Å². The molecule has 0 radical (unpaired) electrons. The molecule has 5 nitrogen and oxygen atoms in total. The van der Waals surface area contributed by atoms with E-state index in [2.05, 4.69) is 31.5 Å². The minimum atomic E-state index is -0.0244. The van der Waals surface area contributed by atoms with Gasteiger partial charge in [-0.25, -0.2) is 0 Å². The first-order valence-electron chi connectivity index (χ1n) is 10.5. The Labute approximate surface area is 193 Å². The van der Waals surface area contributed by atoms with Crippen LogP contribution in [0.5, 0.6) is 0 Å². The van der Waals surface area contributed by atoms with Crippen LogP contribution in [-0.2, 0) is 24.1 Å². The van der Waals surface area contributed by atoms with Crippen molar-refractivity contribution in [1.82, 2.24) is 15.3 Å². The first-order chi connectivity index (χ1) is 15.1. The largest absolute Gasteiger partial charge is 0.367 e. The lowest BCUT2D eigenvalue weighted by Crippen LogP contribution is -2.30. The van der Waals surface area contributed by atoms with Crippen molar-refractivity contribution in [2.24, 2.45) is 0 Å². The van der Waals surface area contributed by atoms with E-state index in [4.69, 9.17) is 16.6 Å². The van der Waals surface area contributed by atoms with E-state index in [0.29, 0.717) is 18.1 Å². The number of aromatic nitrogens is 2. The normalized spacial score (nSPS) is 13.4. The van der Waals surface area contributed by atoms with Crippen LogP contribution < -0.4 is 10.6 Å². The molecule has 158 valence electrons. The number of rotatable bonds is 5. The van der Waals surface area contributed by atoms with Gasteiger partial charge in [0.2, 0.25) is 5.91 Å². The highest BCUT2D eigenvalue weighted by Crippen LogP contribution is 2.34. The van der Waals surface area contributed by atoms with Crippen molar-refractivity contribution < 1.29 is 4.79 Å². The maximum atomic E-state index is 12.6. The molecule has 7 heteroatoms. The van der Waals surface area contributed by atoms with Gasteiger partial charge in [0.25, 0.3) is 0 Å². The number of carbonyl (C=O) groups excluding carboxylic acids is 1. The van der Waals surface area contributed by atoms with Crippen LogP contribution in [0.2, 0.25) is 5.02 Å². The van der Waals surface area contributed by atoms with E-state index < -0.39 is 0 Å². The fourth-order valence-corrected chi connectivity index (χ4v) is 4.89. The van der Waals surface area contributed by atoms with Gasteiger partial charge in [-0.3, -0.25) is 9.78 Å². The lowest BCUT2D eigenvalue weighted by atomic mass is 9.93. The molecule has 1 aliphatic carbocycles. The summed E-state index contributed by atoms with van der Waals surface area (Å²) in [7, 11) is 0. The average Bonchev–Trinajstić information content (AvgIpc) is 3.14. The number of H-pyrrole nitrogens is 1. The molecule has 5 rings (SSSR count). The summed E-state index contributed by atoms with van der Waals surface area (Å²) < 4.78 is 0.998. The maximum Gasteiger partial charge on any atom is 0.225 e. The molecule has 4 aromatic rings. The molecule has 0 aliphatic heterocycles. The van der Waals surface area contributed by atoms with E-state index >= 15 is 0 Å². The lowest BCUT2D eigenvalue weighted by molar-refractivity contribution is -0.120. The third-order valence-corrected chi connectivity index (χ3v) is 6.58. The van der Waals surface area contributed by atoms with Crippen LogP contribution in [-0.4, -0.2) is 22.5 Å². The number of benzene rings is 2. The van der Waals surface area contributed by atoms with Gasteiger partial charge in [0.15, 0.2) is 0 Å². The zero-order chi connectivity index (χ0) is 21.4. The summed E-state index contributed by atoms with van der Waals surface area (Å²) in [6.45, 7) is 0.360.